The van der Waals surface area contributed by atoms with Crippen molar-refractivity contribution in [1.82, 2.24) is 9.78 Å². The molecule has 1 N–H and O–H groups in total. The molecule has 1 aliphatic rings. The fraction of sp³-hybridized carbons (Fsp3) is 0.500. The van der Waals surface area contributed by atoms with Gasteiger partial charge in [0.25, 0.3) is 5.91 Å². The van der Waals surface area contributed by atoms with Crippen molar-refractivity contribution < 1.29 is 13.2 Å². The standard InChI is InChI=1S/C16H20BrN3O3S2/c1-16(2,3)12-8-14(18-15(21)11-4-5-13(17)24-11)20(19-12)10-6-7-25(22,23)9-10/h4-5,8,10H,6-7,9H2,1-3H3,(H,18,21). The van der Waals surface area contributed by atoms with Crippen LogP contribution in [-0.2, 0) is 15.3 Å². The molecule has 0 radical (unpaired) electrons. The number of nitrogens with zero attached hydrogens (tertiary/aromatic N) is 2. The Labute approximate surface area is 159 Å². The van der Waals surface area contributed by atoms with Crippen LogP contribution < -0.4 is 5.32 Å². The van der Waals surface area contributed by atoms with Crippen molar-refractivity contribution in [2.75, 3.05) is 16.8 Å². The number of carbonyl (C=O) groups excluding carboxylic acids is 1. The minimum atomic E-state index is -3.04. The van der Waals surface area contributed by atoms with Gasteiger partial charge in [0.1, 0.15) is 5.82 Å². The lowest BCUT2D eigenvalue weighted by Gasteiger charge is -2.15. The predicted molar refractivity (Wildman–Crippen MR) is 103 cm³/mol. The van der Waals surface area contributed by atoms with Crippen molar-refractivity contribution in [2.24, 2.45) is 0 Å². The number of carbonyl (C=O) groups is 1. The second-order valence-electron chi connectivity index (χ2n) is 7.22. The molecule has 136 valence electrons. The molecule has 0 saturated carbocycles. The molecule has 9 heteroatoms. The maximum Gasteiger partial charge on any atom is 0.266 e. The molecule has 1 aliphatic heterocycles. The quantitative estimate of drug-likeness (QED) is 0.781. The van der Waals surface area contributed by atoms with Crippen LogP contribution in [0, 0.1) is 0 Å². The van der Waals surface area contributed by atoms with Gasteiger partial charge in [-0.15, -0.1) is 11.3 Å². The van der Waals surface area contributed by atoms with Crippen molar-refractivity contribution in [1.29, 1.82) is 0 Å². The summed E-state index contributed by atoms with van der Waals surface area (Å²) in [6.07, 6.45) is 0.515. The monoisotopic (exact) mass is 445 g/mol. The van der Waals surface area contributed by atoms with Gasteiger partial charge in [0.05, 0.1) is 31.9 Å². The van der Waals surface area contributed by atoms with E-state index in [9.17, 15) is 13.2 Å². The first-order valence-electron chi connectivity index (χ1n) is 7.92. The van der Waals surface area contributed by atoms with Crippen molar-refractivity contribution in [3.63, 3.8) is 0 Å². The molecule has 1 saturated heterocycles. The second kappa shape index (κ2) is 6.51. The largest absolute Gasteiger partial charge is 0.306 e. The maximum absolute atomic E-state index is 12.5. The Bertz CT molecular complexity index is 909. The van der Waals surface area contributed by atoms with Crippen LogP contribution in [0.3, 0.4) is 0 Å². The predicted octanol–water partition coefficient (Wildman–Crippen LogP) is 3.62. The number of thiophene rings is 1. The van der Waals surface area contributed by atoms with E-state index in [-0.39, 0.29) is 28.9 Å². The summed E-state index contributed by atoms with van der Waals surface area (Å²) < 4.78 is 26.2. The molecule has 2 aromatic rings. The molecule has 0 aromatic carbocycles. The van der Waals surface area contributed by atoms with Crippen LogP contribution >= 0.6 is 27.3 Å². The zero-order valence-corrected chi connectivity index (χ0v) is 17.5. The number of halogens is 1. The lowest BCUT2D eigenvalue weighted by atomic mass is 9.92. The Kier molecular flexibility index (Phi) is 4.85. The van der Waals surface area contributed by atoms with Crippen LogP contribution in [-0.4, -0.2) is 35.6 Å². The van der Waals surface area contributed by atoms with Gasteiger partial charge in [0.2, 0.25) is 0 Å². The Morgan fingerprint density at radius 2 is 2.12 bits per heavy atom. The highest BCUT2D eigenvalue weighted by atomic mass is 79.9. The number of amides is 1. The lowest BCUT2D eigenvalue weighted by molar-refractivity contribution is 0.102. The molecule has 0 bridgehead atoms. The third-order valence-electron chi connectivity index (χ3n) is 4.10. The number of nitrogens with one attached hydrogen (secondary N) is 1. The van der Waals surface area contributed by atoms with E-state index in [1.54, 1.807) is 10.7 Å². The fourth-order valence-corrected chi connectivity index (χ4v) is 5.69. The Hall–Kier alpha value is -1.19. The number of anilines is 1. The highest BCUT2D eigenvalue weighted by Gasteiger charge is 2.33. The summed E-state index contributed by atoms with van der Waals surface area (Å²) in [4.78, 5) is 13.1. The van der Waals surface area contributed by atoms with Gasteiger partial charge in [-0.3, -0.25) is 4.79 Å². The van der Waals surface area contributed by atoms with Crippen LogP contribution in [0.2, 0.25) is 0 Å². The van der Waals surface area contributed by atoms with E-state index in [0.717, 1.165) is 9.48 Å². The average molecular weight is 446 g/mol. The summed E-state index contributed by atoms with van der Waals surface area (Å²) in [6.45, 7) is 6.10. The van der Waals surface area contributed by atoms with Crippen molar-refractivity contribution in [3.8, 4) is 0 Å². The number of hydrogen-bond donors (Lipinski definition) is 1. The van der Waals surface area contributed by atoms with E-state index in [4.69, 9.17) is 0 Å². The van der Waals surface area contributed by atoms with Crippen LogP contribution in [0.1, 0.15) is 48.6 Å². The molecular formula is C16H20BrN3O3S2. The van der Waals surface area contributed by atoms with Gasteiger partial charge in [-0.05, 0) is 34.5 Å². The second-order valence-corrected chi connectivity index (χ2v) is 11.9. The first-order chi connectivity index (χ1) is 11.5. The average Bonchev–Trinajstić information content (AvgIpc) is 3.16. The van der Waals surface area contributed by atoms with E-state index in [2.05, 4.69) is 26.3 Å². The minimum absolute atomic E-state index is 0.0612. The van der Waals surface area contributed by atoms with Crippen LogP contribution in [0.15, 0.2) is 22.0 Å². The van der Waals surface area contributed by atoms with Crippen molar-refractivity contribution in [3.05, 3.63) is 32.6 Å². The number of aromatic nitrogens is 2. The SMILES string of the molecule is CC(C)(C)c1cc(NC(=O)c2ccc(Br)s2)n(C2CCS(=O)(=O)C2)n1. The minimum Gasteiger partial charge on any atom is -0.306 e. The van der Waals surface area contributed by atoms with E-state index in [1.807, 2.05) is 32.9 Å². The molecule has 25 heavy (non-hydrogen) atoms. The summed E-state index contributed by atoms with van der Waals surface area (Å²) >= 11 is 4.70. The first-order valence-corrected chi connectivity index (χ1v) is 11.4. The van der Waals surface area contributed by atoms with Gasteiger partial charge in [0, 0.05) is 11.5 Å². The maximum atomic E-state index is 12.5. The van der Waals surface area contributed by atoms with Gasteiger partial charge >= 0.3 is 0 Å². The van der Waals surface area contributed by atoms with E-state index in [1.165, 1.54) is 11.3 Å². The molecule has 0 spiro atoms. The molecule has 3 rings (SSSR count). The fourth-order valence-electron chi connectivity index (χ4n) is 2.72. The Balaban J connectivity index is 1.94. The molecule has 6 nitrogen and oxygen atoms in total. The van der Waals surface area contributed by atoms with Gasteiger partial charge in [-0.2, -0.15) is 5.10 Å². The molecule has 1 atom stereocenters. The molecule has 1 unspecified atom stereocenters. The zero-order chi connectivity index (χ0) is 18.4. The molecule has 1 amide bonds. The molecule has 3 heterocycles. The summed E-state index contributed by atoms with van der Waals surface area (Å²) in [7, 11) is -3.04. The van der Waals surface area contributed by atoms with Gasteiger partial charge in [-0.1, -0.05) is 20.8 Å². The lowest BCUT2D eigenvalue weighted by Crippen LogP contribution is -2.19. The number of rotatable bonds is 3. The van der Waals surface area contributed by atoms with Crippen molar-refractivity contribution >= 4 is 48.8 Å². The van der Waals surface area contributed by atoms with E-state index >= 15 is 0 Å². The molecular weight excluding hydrogens is 426 g/mol. The van der Waals surface area contributed by atoms with Crippen LogP contribution in [0.5, 0.6) is 0 Å². The topological polar surface area (TPSA) is 81.1 Å². The highest BCUT2D eigenvalue weighted by Crippen LogP contribution is 2.31. The van der Waals surface area contributed by atoms with Crippen LogP contribution in [0.4, 0.5) is 5.82 Å². The third kappa shape index (κ3) is 4.15. The van der Waals surface area contributed by atoms with E-state index in [0.29, 0.717) is 17.1 Å². The number of hydrogen-bond acceptors (Lipinski definition) is 5. The Morgan fingerprint density at radius 3 is 2.64 bits per heavy atom. The summed E-state index contributed by atoms with van der Waals surface area (Å²) in [5.74, 6) is 0.541. The third-order valence-corrected chi connectivity index (χ3v) is 7.47. The van der Waals surface area contributed by atoms with Gasteiger partial charge < -0.3 is 5.32 Å². The summed E-state index contributed by atoms with van der Waals surface area (Å²) in [5.41, 5.74) is 0.619. The highest BCUT2D eigenvalue weighted by molar-refractivity contribution is 9.11. The summed E-state index contributed by atoms with van der Waals surface area (Å²) in [6, 6.07) is 5.16. The van der Waals surface area contributed by atoms with Gasteiger partial charge in [-0.25, -0.2) is 13.1 Å². The van der Waals surface area contributed by atoms with Crippen molar-refractivity contribution in [2.45, 2.75) is 38.6 Å². The molecule has 1 fully saturated rings. The Morgan fingerprint density at radius 1 is 1.40 bits per heavy atom. The van der Waals surface area contributed by atoms with E-state index < -0.39 is 9.84 Å². The summed E-state index contributed by atoms with van der Waals surface area (Å²) in [5, 5.41) is 7.51. The van der Waals surface area contributed by atoms with Gasteiger partial charge in [0.15, 0.2) is 9.84 Å². The molecule has 0 aliphatic carbocycles. The smallest absolute Gasteiger partial charge is 0.266 e. The molecule has 2 aromatic heterocycles. The normalized spacial score (nSPS) is 19.9. The zero-order valence-electron chi connectivity index (χ0n) is 14.2. The first kappa shape index (κ1) is 18.6. The van der Waals surface area contributed by atoms with Crippen LogP contribution in [0.25, 0.3) is 0 Å². The number of sulfone groups is 1.